The molecule has 7 nitrogen and oxygen atoms in total. The normalized spacial score (nSPS) is 19.9. The Kier molecular flexibility index (Phi) is 6.66. The number of hydrogen-bond donors (Lipinski definition) is 1. The number of fused-ring (bicyclic) bond motifs is 1. The van der Waals surface area contributed by atoms with E-state index in [1.807, 2.05) is 6.92 Å². The van der Waals surface area contributed by atoms with E-state index >= 15 is 0 Å². The van der Waals surface area contributed by atoms with Gasteiger partial charge in [0.1, 0.15) is 10.6 Å². The minimum atomic E-state index is -3.67. The molecular weight excluding hydrogens is 434 g/mol. The van der Waals surface area contributed by atoms with Crippen LogP contribution in [0, 0.1) is 0 Å². The van der Waals surface area contributed by atoms with Gasteiger partial charge in [0.15, 0.2) is 0 Å². The first-order chi connectivity index (χ1) is 14.9. The van der Waals surface area contributed by atoms with Gasteiger partial charge in [-0.25, -0.2) is 8.42 Å². The molecule has 0 unspecified atom stereocenters. The molecule has 1 N–H and O–H groups in total. The fourth-order valence-electron chi connectivity index (χ4n) is 4.29. The van der Waals surface area contributed by atoms with Gasteiger partial charge in [0, 0.05) is 36.2 Å². The summed E-state index contributed by atoms with van der Waals surface area (Å²) >= 11 is 1.77. The fraction of sp³-hybridized carbons (Fsp3) is 0.500. The third kappa shape index (κ3) is 4.64. The number of nitrogens with zero attached hydrogens (tertiary/aromatic N) is 2. The maximum absolute atomic E-state index is 13.1. The van der Waals surface area contributed by atoms with Gasteiger partial charge in [0.2, 0.25) is 15.9 Å². The van der Waals surface area contributed by atoms with Crippen molar-refractivity contribution in [2.75, 3.05) is 38.1 Å². The number of ether oxygens (including phenoxy) is 1. The Labute approximate surface area is 188 Å². The summed E-state index contributed by atoms with van der Waals surface area (Å²) in [4.78, 5) is 16.4. The van der Waals surface area contributed by atoms with Crippen molar-refractivity contribution in [2.24, 2.45) is 0 Å². The molecule has 1 aromatic heterocycles. The van der Waals surface area contributed by atoms with Crippen molar-refractivity contribution in [3.63, 3.8) is 0 Å². The van der Waals surface area contributed by atoms with Crippen LogP contribution in [0.2, 0.25) is 0 Å². The quantitative estimate of drug-likeness (QED) is 0.680. The van der Waals surface area contributed by atoms with E-state index in [1.54, 1.807) is 23.5 Å². The molecule has 1 aromatic carbocycles. The highest BCUT2D eigenvalue weighted by Gasteiger charge is 2.31. The van der Waals surface area contributed by atoms with Crippen LogP contribution >= 0.6 is 11.3 Å². The zero-order valence-electron chi connectivity index (χ0n) is 18.0. The van der Waals surface area contributed by atoms with Crippen molar-refractivity contribution in [3.05, 3.63) is 40.1 Å². The molecule has 1 atom stereocenters. The number of sulfonamides is 1. The first-order valence-electron chi connectivity index (χ1n) is 10.8. The smallest absolute Gasteiger partial charge is 0.246 e. The molecule has 4 rings (SSSR count). The zero-order chi connectivity index (χ0) is 22.0. The lowest BCUT2D eigenvalue weighted by Gasteiger charge is -2.32. The summed E-state index contributed by atoms with van der Waals surface area (Å²) in [6.45, 7) is 6.43. The van der Waals surface area contributed by atoms with E-state index in [0.29, 0.717) is 31.1 Å². The van der Waals surface area contributed by atoms with Gasteiger partial charge >= 0.3 is 0 Å². The molecule has 1 saturated heterocycles. The maximum atomic E-state index is 13.1. The summed E-state index contributed by atoms with van der Waals surface area (Å²) < 4.78 is 33.4. The van der Waals surface area contributed by atoms with Gasteiger partial charge in [-0.15, -0.1) is 11.3 Å². The number of anilines is 1. The summed E-state index contributed by atoms with van der Waals surface area (Å²) in [7, 11) is -3.67. The molecule has 0 saturated carbocycles. The molecule has 1 fully saturated rings. The second kappa shape index (κ2) is 9.28. The minimum Gasteiger partial charge on any atom is -0.492 e. The summed E-state index contributed by atoms with van der Waals surface area (Å²) in [5.74, 6) is 0.168. The molecule has 0 bridgehead atoms. The van der Waals surface area contributed by atoms with Crippen LogP contribution in [0.15, 0.2) is 34.5 Å². The number of nitrogens with one attached hydrogen (secondary N) is 1. The van der Waals surface area contributed by atoms with E-state index in [-0.39, 0.29) is 23.4 Å². The van der Waals surface area contributed by atoms with Crippen LogP contribution in [0.4, 0.5) is 5.69 Å². The first-order valence-corrected chi connectivity index (χ1v) is 13.1. The largest absolute Gasteiger partial charge is 0.492 e. The molecule has 2 aliphatic heterocycles. The highest BCUT2D eigenvalue weighted by Crippen LogP contribution is 2.33. The number of carbonyl (C=O) groups is 1. The van der Waals surface area contributed by atoms with Crippen LogP contribution in [0.5, 0.6) is 5.75 Å². The SMILES string of the molecule is CCOc1ccc(NC(=O)CN2CCc3sccc3[C@@H]2C)cc1S(=O)(=O)N1CCCC1. The second-order valence-electron chi connectivity index (χ2n) is 7.95. The molecule has 9 heteroatoms. The minimum absolute atomic E-state index is 0.114. The number of thiophene rings is 1. The molecule has 3 heterocycles. The Morgan fingerprint density at radius 1 is 1.23 bits per heavy atom. The fourth-order valence-corrected chi connectivity index (χ4v) is 6.93. The van der Waals surface area contributed by atoms with Gasteiger partial charge in [-0.05, 0) is 68.3 Å². The first kappa shape index (κ1) is 22.3. The standard InChI is InChI=1S/C22H29N3O4S2/c1-3-29-19-7-6-17(14-21(19)31(27,28)25-10-4-5-11-25)23-22(26)15-24-12-8-20-18(16(24)2)9-13-30-20/h6-7,9,13-14,16H,3-5,8,10-12,15H2,1-2H3,(H,23,26)/t16-/m0/s1. The molecule has 2 aromatic rings. The molecule has 0 spiro atoms. The Morgan fingerprint density at radius 3 is 2.74 bits per heavy atom. The number of carbonyl (C=O) groups excluding carboxylic acids is 1. The van der Waals surface area contributed by atoms with E-state index in [9.17, 15) is 13.2 Å². The van der Waals surface area contributed by atoms with E-state index in [4.69, 9.17) is 4.74 Å². The molecule has 2 aliphatic rings. The van der Waals surface area contributed by atoms with Crippen LogP contribution in [-0.2, 0) is 21.2 Å². The average molecular weight is 464 g/mol. The second-order valence-corrected chi connectivity index (χ2v) is 10.9. The van der Waals surface area contributed by atoms with E-state index in [2.05, 4.69) is 28.6 Å². The molecule has 0 aliphatic carbocycles. The lowest BCUT2D eigenvalue weighted by molar-refractivity contribution is -0.117. The van der Waals surface area contributed by atoms with Gasteiger partial charge in [-0.2, -0.15) is 4.31 Å². The number of benzene rings is 1. The predicted molar refractivity (Wildman–Crippen MR) is 122 cm³/mol. The van der Waals surface area contributed by atoms with Gasteiger partial charge in [0.05, 0.1) is 13.2 Å². The number of hydrogen-bond acceptors (Lipinski definition) is 6. The van der Waals surface area contributed by atoms with Crippen molar-refractivity contribution >= 4 is 33.0 Å². The Bertz CT molecular complexity index is 1040. The van der Waals surface area contributed by atoms with Gasteiger partial charge in [0.25, 0.3) is 0 Å². The predicted octanol–water partition coefficient (Wildman–Crippen LogP) is 3.49. The van der Waals surface area contributed by atoms with Gasteiger partial charge in [-0.1, -0.05) is 0 Å². The van der Waals surface area contributed by atoms with Crippen molar-refractivity contribution in [1.29, 1.82) is 0 Å². The Balaban J connectivity index is 1.50. The van der Waals surface area contributed by atoms with Crippen LogP contribution in [-0.4, -0.2) is 56.3 Å². The number of rotatable bonds is 7. The van der Waals surface area contributed by atoms with Gasteiger partial charge < -0.3 is 10.1 Å². The summed E-state index contributed by atoms with van der Waals surface area (Å²) in [5.41, 5.74) is 1.76. The maximum Gasteiger partial charge on any atom is 0.246 e. The van der Waals surface area contributed by atoms with E-state index < -0.39 is 10.0 Å². The van der Waals surface area contributed by atoms with Crippen LogP contribution < -0.4 is 10.1 Å². The van der Waals surface area contributed by atoms with Crippen LogP contribution in [0.3, 0.4) is 0 Å². The molecule has 1 amide bonds. The van der Waals surface area contributed by atoms with Crippen molar-refractivity contribution in [3.8, 4) is 5.75 Å². The summed E-state index contributed by atoms with van der Waals surface area (Å²) in [6, 6.07) is 7.17. The van der Waals surface area contributed by atoms with Crippen molar-refractivity contribution in [2.45, 2.75) is 44.0 Å². The van der Waals surface area contributed by atoms with Crippen molar-refractivity contribution in [1.82, 2.24) is 9.21 Å². The molecule has 31 heavy (non-hydrogen) atoms. The zero-order valence-corrected chi connectivity index (χ0v) is 19.6. The average Bonchev–Trinajstić information content (AvgIpc) is 3.44. The number of amides is 1. The molecule has 0 radical (unpaired) electrons. The third-order valence-corrected chi connectivity index (χ3v) is 8.88. The third-order valence-electron chi connectivity index (χ3n) is 5.96. The summed E-state index contributed by atoms with van der Waals surface area (Å²) in [5, 5.41) is 4.99. The Morgan fingerprint density at radius 2 is 2.00 bits per heavy atom. The van der Waals surface area contributed by atoms with Gasteiger partial charge in [-0.3, -0.25) is 9.69 Å². The molecule has 168 valence electrons. The van der Waals surface area contributed by atoms with E-state index in [1.165, 1.54) is 20.8 Å². The lowest BCUT2D eigenvalue weighted by Crippen LogP contribution is -2.39. The highest BCUT2D eigenvalue weighted by atomic mass is 32.2. The Hall–Kier alpha value is -1.94. The summed E-state index contributed by atoms with van der Waals surface area (Å²) in [6.07, 6.45) is 2.67. The lowest BCUT2D eigenvalue weighted by atomic mass is 10.0. The monoisotopic (exact) mass is 463 g/mol. The van der Waals surface area contributed by atoms with Crippen LogP contribution in [0.1, 0.15) is 43.2 Å². The topological polar surface area (TPSA) is 79.0 Å². The molecular formula is C22H29N3O4S2. The van der Waals surface area contributed by atoms with Crippen molar-refractivity contribution < 1.29 is 17.9 Å². The highest BCUT2D eigenvalue weighted by molar-refractivity contribution is 7.89. The van der Waals surface area contributed by atoms with Crippen LogP contribution in [0.25, 0.3) is 0 Å². The van der Waals surface area contributed by atoms with E-state index in [0.717, 1.165) is 25.8 Å².